The fourth-order valence-corrected chi connectivity index (χ4v) is 3.10. The van der Waals surface area contributed by atoms with Crippen LogP contribution in [0.25, 0.3) is 6.08 Å². The van der Waals surface area contributed by atoms with Gasteiger partial charge in [0.05, 0.1) is 12.2 Å². The van der Waals surface area contributed by atoms with Gasteiger partial charge in [-0.3, -0.25) is 4.79 Å². The highest BCUT2D eigenvalue weighted by molar-refractivity contribution is 6.02. The van der Waals surface area contributed by atoms with Crippen molar-refractivity contribution in [2.45, 2.75) is 19.0 Å². The quantitative estimate of drug-likeness (QED) is 0.684. The normalized spacial score (nSPS) is 15.4. The Labute approximate surface area is 167 Å². The van der Waals surface area contributed by atoms with Crippen LogP contribution in [0.5, 0.6) is 5.75 Å². The zero-order valence-corrected chi connectivity index (χ0v) is 15.8. The topological polar surface area (TPSA) is 50.4 Å². The summed E-state index contributed by atoms with van der Waals surface area (Å²) in [6.07, 6.45) is 0.300. The Morgan fingerprint density at radius 3 is 2.66 bits per heavy atom. The molecule has 2 N–H and O–H groups in total. The molecule has 0 atom stereocenters. The molecule has 4 nitrogen and oxygen atoms in total. The second-order valence-electron chi connectivity index (χ2n) is 6.98. The standard InChI is InChI=1S/C22H23F3N2O2/c23-22(24,25)18-4-1-3-16(13-18)7-8-21(28)27-19-5-2-6-20(14-19)29-15-17-9-11-26-12-10-17/h1-8,13-14,17,26H,9-12,15H2,(H,27,28)/b8-7+. The van der Waals surface area contributed by atoms with E-state index in [0.717, 1.165) is 38.1 Å². The molecule has 7 heteroatoms. The van der Waals surface area contributed by atoms with E-state index < -0.39 is 17.6 Å². The molecule has 154 valence electrons. The average Bonchev–Trinajstić information content (AvgIpc) is 2.71. The molecular formula is C22H23F3N2O2. The van der Waals surface area contributed by atoms with E-state index in [1.54, 1.807) is 18.2 Å². The smallest absolute Gasteiger partial charge is 0.416 e. The first-order valence-electron chi connectivity index (χ1n) is 9.50. The van der Waals surface area contributed by atoms with Crippen molar-refractivity contribution in [3.8, 4) is 5.75 Å². The lowest BCUT2D eigenvalue weighted by Gasteiger charge is -2.22. The molecule has 1 aliphatic rings. The summed E-state index contributed by atoms with van der Waals surface area (Å²) >= 11 is 0. The summed E-state index contributed by atoms with van der Waals surface area (Å²) in [5, 5.41) is 6.01. The van der Waals surface area contributed by atoms with Gasteiger partial charge in [-0.25, -0.2) is 0 Å². The van der Waals surface area contributed by atoms with Gasteiger partial charge in [-0.2, -0.15) is 13.2 Å². The maximum atomic E-state index is 12.8. The molecule has 0 spiro atoms. The van der Waals surface area contributed by atoms with E-state index in [2.05, 4.69) is 10.6 Å². The lowest BCUT2D eigenvalue weighted by molar-refractivity contribution is -0.137. The van der Waals surface area contributed by atoms with E-state index in [9.17, 15) is 18.0 Å². The molecule has 2 aromatic rings. The Bertz CT molecular complexity index is 859. The molecule has 29 heavy (non-hydrogen) atoms. The number of halogens is 3. The number of hydrogen-bond donors (Lipinski definition) is 2. The minimum absolute atomic E-state index is 0.300. The molecule has 0 bridgehead atoms. The molecule has 0 aromatic heterocycles. The van der Waals surface area contributed by atoms with Gasteiger partial charge in [0.15, 0.2) is 0 Å². The van der Waals surface area contributed by atoms with Gasteiger partial charge in [-0.1, -0.05) is 18.2 Å². The van der Waals surface area contributed by atoms with E-state index in [0.29, 0.717) is 29.5 Å². The number of benzene rings is 2. The van der Waals surface area contributed by atoms with Gasteiger partial charge in [-0.05, 0) is 67.8 Å². The summed E-state index contributed by atoms with van der Waals surface area (Å²) in [4.78, 5) is 12.1. The van der Waals surface area contributed by atoms with E-state index in [-0.39, 0.29) is 0 Å². The van der Waals surface area contributed by atoms with Gasteiger partial charge in [0.1, 0.15) is 5.75 Å². The maximum Gasteiger partial charge on any atom is 0.416 e. The number of alkyl halides is 3. The van der Waals surface area contributed by atoms with Gasteiger partial charge < -0.3 is 15.4 Å². The highest BCUT2D eigenvalue weighted by atomic mass is 19.4. The molecule has 0 radical (unpaired) electrons. The van der Waals surface area contributed by atoms with Gasteiger partial charge in [-0.15, -0.1) is 0 Å². The molecule has 2 aromatic carbocycles. The van der Waals surface area contributed by atoms with Crippen molar-refractivity contribution in [1.29, 1.82) is 0 Å². The zero-order chi connectivity index (χ0) is 20.7. The number of ether oxygens (including phenoxy) is 1. The van der Waals surface area contributed by atoms with Gasteiger partial charge >= 0.3 is 6.18 Å². The Morgan fingerprint density at radius 1 is 1.14 bits per heavy atom. The van der Waals surface area contributed by atoms with E-state index in [1.165, 1.54) is 24.3 Å². The van der Waals surface area contributed by atoms with E-state index >= 15 is 0 Å². The Morgan fingerprint density at radius 2 is 1.90 bits per heavy atom. The van der Waals surface area contributed by atoms with Gasteiger partial charge in [0.25, 0.3) is 0 Å². The summed E-state index contributed by atoms with van der Waals surface area (Å²) in [5.41, 5.74) is 0.110. The van der Waals surface area contributed by atoms with E-state index in [4.69, 9.17) is 4.74 Å². The lowest BCUT2D eigenvalue weighted by atomic mass is 9.99. The zero-order valence-electron chi connectivity index (χ0n) is 15.8. The molecule has 1 fully saturated rings. The van der Waals surface area contributed by atoms with Crippen LogP contribution in [-0.2, 0) is 11.0 Å². The number of piperidine rings is 1. The van der Waals surface area contributed by atoms with Crippen LogP contribution in [0.2, 0.25) is 0 Å². The lowest BCUT2D eigenvalue weighted by Crippen LogP contribution is -2.30. The van der Waals surface area contributed by atoms with Crippen molar-refractivity contribution in [3.05, 3.63) is 65.7 Å². The Hall–Kier alpha value is -2.80. The van der Waals surface area contributed by atoms with Crippen LogP contribution in [0.1, 0.15) is 24.0 Å². The van der Waals surface area contributed by atoms with Crippen LogP contribution in [0, 0.1) is 5.92 Å². The largest absolute Gasteiger partial charge is 0.493 e. The molecule has 0 aliphatic carbocycles. The van der Waals surface area contributed by atoms with Crippen molar-refractivity contribution in [3.63, 3.8) is 0 Å². The SMILES string of the molecule is O=C(/C=C/c1cccc(C(F)(F)F)c1)Nc1cccc(OCC2CCNCC2)c1. The van der Waals surface area contributed by atoms with Gasteiger partial charge in [0, 0.05) is 17.8 Å². The Kier molecular flexibility index (Phi) is 6.93. The molecule has 3 rings (SSSR count). The molecule has 1 saturated heterocycles. The number of carbonyl (C=O) groups is 1. The van der Waals surface area contributed by atoms with Crippen molar-refractivity contribution < 1.29 is 22.7 Å². The van der Waals surface area contributed by atoms with Crippen molar-refractivity contribution >= 4 is 17.7 Å². The van der Waals surface area contributed by atoms with Crippen LogP contribution in [0.15, 0.2) is 54.6 Å². The first-order chi connectivity index (χ1) is 13.9. The van der Waals surface area contributed by atoms with Crippen molar-refractivity contribution in [2.75, 3.05) is 25.0 Å². The van der Waals surface area contributed by atoms with Crippen LogP contribution in [-0.4, -0.2) is 25.6 Å². The number of amides is 1. The average molecular weight is 404 g/mol. The number of nitrogens with one attached hydrogen (secondary N) is 2. The monoisotopic (exact) mass is 404 g/mol. The van der Waals surface area contributed by atoms with Crippen LogP contribution < -0.4 is 15.4 Å². The molecule has 1 heterocycles. The molecule has 0 saturated carbocycles. The minimum Gasteiger partial charge on any atom is -0.493 e. The first-order valence-corrected chi connectivity index (χ1v) is 9.50. The fraction of sp³-hybridized carbons (Fsp3) is 0.318. The second kappa shape index (κ2) is 9.60. The summed E-state index contributed by atoms with van der Waals surface area (Å²) in [5.74, 6) is 0.756. The summed E-state index contributed by atoms with van der Waals surface area (Å²) in [6.45, 7) is 2.64. The van der Waals surface area contributed by atoms with Gasteiger partial charge in [0.2, 0.25) is 5.91 Å². The second-order valence-corrected chi connectivity index (χ2v) is 6.98. The molecule has 1 amide bonds. The number of rotatable bonds is 6. The predicted octanol–water partition coefficient (Wildman–Crippen LogP) is 4.74. The first kappa shape index (κ1) is 20.9. The van der Waals surface area contributed by atoms with Crippen LogP contribution in [0.4, 0.5) is 18.9 Å². The third-order valence-electron chi connectivity index (χ3n) is 4.69. The highest BCUT2D eigenvalue weighted by Gasteiger charge is 2.30. The fourth-order valence-electron chi connectivity index (χ4n) is 3.10. The third-order valence-corrected chi connectivity index (χ3v) is 4.69. The van der Waals surface area contributed by atoms with Crippen molar-refractivity contribution in [1.82, 2.24) is 5.32 Å². The molecular weight excluding hydrogens is 381 g/mol. The molecule has 0 unspecified atom stereocenters. The number of hydrogen-bond acceptors (Lipinski definition) is 3. The van der Waals surface area contributed by atoms with Crippen LogP contribution in [0.3, 0.4) is 0 Å². The predicted molar refractivity (Wildman–Crippen MR) is 107 cm³/mol. The van der Waals surface area contributed by atoms with E-state index in [1.807, 2.05) is 6.07 Å². The highest BCUT2D eigenvalue weighted by Crippen LogP contribution is 2.29. The van der Waals surface area contributed by atoms with Crippen LogP contribution >= 0.6 is 0 Å². The molecule has 1 aliphatic heterocycles. The minimum atomic E-state index is -4.42. The van der Waals surface area contributed by atoms with Crippen molar-refractivity contribution in [2.24, 2.45) is 5.92 Å². The summed E-state index contributed by atoms with van der Waals surface area (Å²) in [6, 6.07) is 11.9. The summed E-state index contributed by atoms with van der Waals surface area (Å²) < 4.78 is 44.1. The number of carbonyl (C=O) groups excluding carboxylic acids is 1. The Balaban J connectivity index is 1.55. The summed E-state index contributed by atoms with van der Waals surface area (Å²) in [7, 11) is 0. The maximum absolute atomic E-state index is 12.8. The third kappa shape index (κ3) is 6.64. The number of anilines is 1.